The third-order valence-electron chi connectivity index (χ3n) is 2.93. The third kappa shape index (κ3) is 5.57. The van der Waals surface area contributed by atoms with Crippen LogP contribution in [0.4, 0.5) is 0 Å². The van der Waals surface area contributed by atoms with Crippen LogP contribution in [0, 0.1) is 0 Å². The highest BCUT2D eigenvalue weighted by Gasteiger charge is 2.14. The fourth-order valence-electron chi connectivity index (χ4n) is 1.75. The van der Waals surface area contributed by atoms with Gasteiger partial charge in [-0.25, -0.2) is 0 Å². The monoisotopic (exact) mass is 414 g/mol. The zero-order valence-electron chi connectivity index (χ0n) is 11.9. The van der Waals surface area contributed by atoms with Gasteiger partial charge < -0.3 is 4.74 Å². The highest BCUT2D eigenvalue weighted by atomic mass is 79.9. The van der Waals surface area contributed by atoms with Gasteiger partial charge in [-0.2, -0.15) is 0 Å². The summed E-state index contributed by atoms with van der Waals surface area (Å²) in [5, 5.41) is 0.541. The van der Waals surface area contributed by atoms with Gasteiger partial charge in [0.2, 0.25) is 5.78 Å². The van der Waals surface area contributed by atoms with E-state index in [9.17, 15) is 14.4 Å². The SMILES string of the molecule is O=C(CCC(=O)c1ccc(Cl)cc1)OCC(=O)c1ccc(Br)s1. The number of carbonyl (C=O) groups is 3. The number of hydrogen-bond acceptors (Lipinski definition) is 5. The van der Waals surface area contributed by atoms with E-state index in [0.29, 0.717) is 15.5 Å². The molecule has 2 rings (SSSR count). The summed E-state index contributed by atoms with van der Waals surface area (Å²) in [7, 11) is 0. The molecule has 1 aromatic heterocycles. The summed E-state index contributed by atoms with van der Waals surface area (Å²) in [6.07, 6.45) is -0.0396. The number of ether oxygens (including phenoxy) is 1. The molecular formula is C16H12BrClO4S. The van der Waals surface area contributed by atoms with Crippen molar-refractivity contribution in [1.29, 1.82) is 0 Å². The maximum Gasteiger partial charge on any atom is 0.306 e. The van der Waals surface area contributed by atoms with E-state index in [0.717, 1.165) is 3.79 Å². The van der Waals surface area contributed by atoms with Crippen LogP contribution in [0.25, 0.3) is 0 Å². The van der Waals surface area contributed by atoms with Gasteiger partial charge in [-0.1, -0.05) is 11.6 Å². The van der Waals surface area contributed by atoms with Crippen molar-refractivity contribution >= 4 is 56.4 Å². The summed E-state index contributed by atoms with van der Waals surface area (Å²) in [5.41, 5.74) is 0.488. The van der Waals surface area contributed by atoms with Gasteiger partial charge in [0.05, 0.1) is 15.1 Å². The lowest BCUT2D eigenvalue weighted by molar-refractivity contribution is -0.142. The van der Waals surface area contributed by atoms with Crippen molar-refractivity contribution < 1.29 is 19.1 Å². The highest BCUT2D eigenvalue weighted by Crippen LogP contribution is 2.22. The molecule has 2 aromatic rings. The van der Waals surface area contributed by atoms with Crippen molar-refractivity contribution in [3.63, 3.8) is 0 Å². The summed E-state index contributed by atoms with van der Waals surface area (Å²) in [4.78, 5) is 35.8. The number of thiophene rings is 1. The Hall–Kier alpha value is -1.50. The summed E-state index contributed by atoms with van der Waals surface area (Å²) >= 11 is 10.3. The first-order valence-corrected chi connectivity index (χ1v) is 8.67. The molecule has 1 heterocycles. The Kier molecular flexibility index (Phi) is 6.50. The summed E-state index contributed by atoms with van der Waals surface area (Å²) in [6, 6.07) is 9.86. The fraction of sp³-hybridized carbons (Fsp3) is 0.188. The predicted octanol–water partition coefficient (Wildman–Crippen LogP) is 4.55. The quantitative estimate of drug-likeness (QED) is 0.491. The topological polar surface area (TPSA) is 60.4 Å². The molecule has 0 amide bonds. The van der Waals surface area contributed by atoms with E-state index in [2.05, 4.69) is 15.9 Å². The number of esters is 1. The zero-order valence-corrected chi connectivity index (χ0v) is 15.0. The van der Waals surface area contributed by atoms with Gasteiger partial charge >= 0.3 is 5.97 Å². The molecule has 0 bridgehead atoms. The van der Waals surface area contributed by atoms with Gasteiger partial charge in [-0.15, -0.1) is 11.3 Å². The Balaban J connectivity index is 1.75. The van der Waals surface area contributed by atoms with Crippen LogP contribution in [0.5, 0.6) is 0 Å². The molecule has 4 nitrogen and oxygen atoms in total. The van der Waals surface area contributed by atoms with E-state index in [1.54, 1.807) is 36.4 Å². The zero-order chi connectivity index (χ0) is 16.8. The van der Waals surface area contributed by atoms with Crippen LogP contribution in [0.15, 0.2) is 40.2 Å². The van der Waals surface area contributed by atoms with E-state index >= 15 is 0 Å². The summed E-state index contributed by atoms with van der Waals surface area (Å²) in [6.45, 7) is -0.319. The Bertz CT molecular complexity index is 724. The Morgan fingerprint density at radius 2 is 1.70 bits per heavy atom. The minimum atomic E-state index is -0.573. The number of halogens is 2. The second kappa shape index (κ2) is 8.38. The molecule has 0 aliphatic rings. The lowest BCUT2D eigenvalue weighted by Crippen LogP contribution is -2.14. The first kappa shape index (κ1) is 17.8. The molecule has 0 fully saturated rings. The standard InChI is InChI=1S/C16H12BrClO4S/c17-15-7-6-14(23-15)13(20)9-22-16(21)8-5-12(19)10-1-3-11(18)4-2-10/h1-4,6-7H,5,8-9H2. The lowest BCUT2D eigenvalue weighted by atomic mass is 10.1. The van der Waals surface area contributed by atoms with Crippen LogP contribution in [-0.2, 0) is 9.53 Å². The molecule has 0 N–H and O–H groups in total. The molecule has 0 aliphatic heterocycles. The summed E-state index contributed by atoms with van der Waals surface area (Å²) < 4.78 is 5.74. The molecule has 120 valence electrons. The second-order valence-electron chi connectivity index (χ2n) is 4.62. The maximum absolute atomic E-state index is 11.9. The molecule has 0 radical (unpaired) electrons. The Morgan fingerprint density at radius 3 is 2.30 bits per heavy atom. The molecule has 0 saturated heterocycles. The van der Waals surface area contributed by atoms with E-state index in [1.165, 1.54) is 11.3 Å². The average Bonchev–Trinajstić information content (AvgIpc) is 2.97. The van der Waals surface area contributed by atoms with Gasteiger partial charge in [0.25, 0.3) is 0 Å². The largest absolute Gasteiger partial charge is 0.457 e. The van der Waals surface area contributed by atoms with Gasteiger partial charge in [0, 0.05) is 17.0 Å². The lowest BCUT2D eigenvalue weighted by Gasteiger charge is -2.03. The van der Waals surface area contributed by atoms with Crippen LogP contribution in [0.2, 0.25) is 5.02 Å². The molecule has 0 atom stereocenters. The van der Waals surface area contributed by atoms with E-state index in [-0.39, 0.29) is 31.0 Å². The van der Waals surface area contributed by atoms with Gasteiger partial charge in [-0.3, -0.25) is 14.4 Å². The minimum absolute atomic E-state index is 0.0270. The number of rotatable bonds is 7. The van der Waals surface area contributed by atoms with Crippen molar-refractivity contribution in [2.75, 3.05) is 6.61 Å². The van der Waals surface area contributed by atoms with Crippen LogP contribution in [0.1, 0.15) is 32.9 Å². The first-order chi connectivity index (χ1) is 11.0. The highest BCUT2D eigenvalue weighted by molar-refractivity contribution is 9.11. The molecule has 7 heteroatoms. The van der Waals surface area contributed by atoms with Crippen LogP contribution < -0.4 is 0 Å². The number of carbonyl (C=O) groups excluding carboxylic acids is 3. The molecule has 0 unspecified atom stereocenters. The van der Waals surface area contributed by atoms with Crippen LogP contribution in [0.3, 0.4) is 0 Å². The smallest absolute Gasteiger partial charge is 0.306 e. The fourth-order valence-corrected chi connectivity index (χ4v) is 3.19. The van der Waals surface area contributed by atoms with Crippen LogP contribution >= 0.6 is 38.9 Å². The maximum atomic E-state index is 11.9. The molecule has 1 aromatic carbocycles. The summed E-state index contributed by atoms with van der Waals surface area (Å²) in [5.74, 6) is -1.01. The molecule has 0 aliphatic carbocycles. The first-order valence-electron chi connectivity index (χ1n) is 6.68. The van der Waals surface area contributed by atoms with Gasteiger partial charge in [0.15, 0.2) is 12.4 Å². The number of hydrogen-bond donors (Lipinski definition) is 0. The van der Waals surface area contributed by atoms with E-state index < -0.39 is 5.97 Å². The van der Waals surface area contributed by atoms with E-state index in [4.69, 9.17) is 16.3 Å². The number of ketones is 2. The average molecular weight is 416 g/mol. The second-order valence-corrected chi connectivity index (χ2v) is 7.52. The van der Waals surface area contributed by atoms with Crippen molar-refractivity contribution in [3.8, 4) is 0 Å². The molecule has 0 spiro atoms. The normalized spacial score (nSPS) is 10.3. The molecular weight excluding hydrogens is 404 g/mol. The van der Waals surface area contributed by atoms with Crippen molar-refractivity contribution in [1.82, 2.24) is 0 Å². The third-order valence-corrected chi connectivity index (χ3v) is 4.85. The number of Topliss-reactive ketones (excluding diaryl/α,β-unsaturated/α-hetero) is 2. The van der Waals surface area contributed by atoms with Crippen molar-refractivity contribution in [2.45, 2.75) is 12.8 Å². The van der Waals surface area contributed by atoms with Crippen molar-refractivity contribution in [2.24, 2.45) is 0 Å². The molecule has 0 saturated carbocycles. The predicted molar refractivity (Wildman–Crippen MR) is 92.3 cm³/mol. The number of benzene rings is 1. The van der Waals surface area contributed by atoms with Crippen molar-refractivity contribution in [3.05, 3.63) is 55.6 Å². The van der Waals surface area contributed by atoms with Gasteiger partial charge in [-0.05, 0) is 52.3 Å². The van der Waals surface area contributed by atoms with Gasteiger partial charge in [0.1, 0.15) is 0 Å². The van der Waals surface area contributed by atoms with E-state index in [1.807, 2.05) is 0 Å². The molecule has 23 heavy (non-hydrogen) atoms. The Morgan fingerprint density at radius 1 is 1.00 bits per heavy atom. The van der Waals surface area contributed by atoms with Crippen LogP contribution in [-0.4, -0.2) is 24.1 Å². The Labute approximate surface area is 150 Å². The minimum Gasteiger partial charge on any atom is -0.457 e.